The summed E-state index contributed by atoms with van der Waals surface area (Å²) >= 11 is 3.39. The van der Waals surface area contributed by atoms with Crippen LogP contribution in [0.4, 0.5) is 0 Å². The molecule has 0 unspecified atom stereocenters. The van der Waals surface area contributed by atoms with E-state index < -0.39 is 12.1 Å². The second-order valence-electron chi connectivity index (χ2n) is 6.04. The lowest BCUT2D eigenvalue weighted by atomic mass is 10.2. The molecular weight excluding hydrogens is 386 g/mol. The van der Waals surface area contributed by atoms with Gasteiger partial charge in [-0.1, -0.05) is 28.8 Å². The number of hydrogen-bond acceptors (Lipinski definition) is 4. The summed E-state index contributed by atoms with van der Waals surface area (Å²) in [6, 6.07) is 5.51. The van der Waals surface area contributed by atoms with Crippen molar-refractivity contribution in [2.75, 3.05) is 20.2 Å². The Bertz CT molecular complexity index is 636. The topological polar surface area (TPSA) is 55.8 Å². The number of hydrogen-bond donors (Lipinski definition) is 0. The molecule has 1 aliphatic heterocycles. The van der Waals surface area contributed by atoms with E-state index in [-0.39, 0.29) is 5.91 Å². The number of ether oxygens (including phenoxy) is 2. The van der Waals surface area contributed by atoms with Gasteiger partial charge in [-0.05, 0) is 44.0 Å². The third-order valence-corrected chi connectivity index (χ3v) is 4.64. The number of benzene rings is 1. The number of carbonyl (C=O) groups is 2. The summed E-state index contributed by atoms with van der Waals surface area (Å²) in [6.45, 7) is 3.11. The van der Waals surface area contributed by atoms with Crippen molar-refractivity contribution in [3.63, 3.8) is 0 Å². The zero-order valence-corrected chi connectivity index (χ0v) is 16.3. The molecule has 2 rings (SSSR count). The number of nitrogens with zero attached hydrogens (tertiary/aromatic N) is 1. The lowest BCUT2D eigenvalue weighted by Gasteiger charge is -2.23. The highest BCUT2D eigenvalue weighted by Gasteiger charge is 2.23. The van der Waals surface area contributed by atoms with Crippen LogP contribution >= 0.6 is 15.9 Å². The highest BCUT2D eigenvalue weighted by Crippen LogP contribution is 2.24. The molecule has 1 heterocycles. The molecule has 0 spiro atoms. The van der Waals surface area contributed by atoms with E-state index in [9.17, 15) is 9.59 Å². The van der Waals surface area contributed by atoms with E-state index in [2.05, 4.69) is 15.9 Å². The summed E-state index contributed by atoms with van der Waals surface area (Å²) in [7, 11) is 1.57. The number of rotatable bonds is 5. The van der Waals surface area contributed by atoms with E-state index in [0.29, 0.717) is 5.75 Å². The molecule has 136 valence electrons. The van der Waals surface area contributed by atoms with E-state index in [1.807, 2.05) is 12.1 Å². The molecule has 1 aromatic carbocycles. The molecule has 0 N–H and O–H groups in total. The monoisotopic (exact) mass is 409 g/mol. The van der Waals surface area contributed by atoms with E-state index in [1.165, 1.54) is 6.08 Å². The predicted octanol–water partition coefficient (Wildman–Crippen LogP) is 3.81. The first-order valence-electron chi connectivity index (χ1n) is 8.52. The highest BCUT2D eigenvalue weighted by molar-refractivity contribution is 9.10. The van der Waals surface area contributed by atoms with Crippen molar-refractivity contribution in [3.8, 4) is 5.75 Å². The normalized spacial score (nSPS) is 16.4. The zero-order valence-electron chi connectivity index (χ0n) is 14.7. The van der Waals surface area contributed by atoms with Gasteiger partial charge in [-0.2, -0.15) is 0 Å². The fraction of sp³-hybridized carbons (Fsp3) is 0.474. The first kappa shape index (κ1) is 19.5. The number of methoxy groups -OCH3 is 1. The van der Waals surface area contributed by atoms with Crippen LogP contribution in [-0.2, 0) is 14.3 Å². The fourth-order valence-corrected chi connectivity index (χ4v) is 3.18. The average molecular weight is 410 g/mol. The molecule has 0 aromatic heterocycles. The van der Waals surface area contributed by atoms with Gasteiger partial charge in [0.15, 0.2) is 6.10 Å². The smallest absolute Gasteiger partial charge is 0.331 e. The van der Waals surface area contributed by atoms with E-state index in [4.69, 9.17) is 9.47 Å². The van der Waals surface area contributed by atoms with Crippen molar-refractivity contribution in [2.24, 2.45) is 0 Å². The highest BCUT2D eigenvalue weighted by atomic mass is 79.9. The van der Waals surface area contributed by atoms with Crippen LogP contribution in [0.5, 0.6) is 5.75 Å². The first-order chi connectivity index (χ1) is 12.0. The second kappa shape index (κ2) is 9.61. The van der Waals surface area contributed by atoms with Gasteiger partial charge in [0.1, 0.15) is 5.75 Å². The van der Waals surface area contributed by atoms with Crippen molar-refractivity contribution in [1.29, 1.82) is 0 Å². The minimum absolute atomic E-state index is 0.122. The molecule has 0 aliphatic carbocycles. The number of halogens is 1. The fourth-order valence-electron chi connectivity index (χ4n) is 2.81. The summed E-state index contributed by atoms with van der Waals surface area (Å²) in [4.78, 5) is 26.2. The van der Waals surface area contributed by atoms with Crippen molar-refractivity contribution in [3.05, 3.63) is 34.3 Å². The van der Waals surface area contributed by atoms with E-state index in [1.54, 1.807) is 31.1 Å². The lowest BCUT2D eigenvalue weighted by Crippen LogP contribution is -2.40. The zero-order chi connectivity index (χ0) is 18.2. The van der Waals surface area contributed by atoms with Gasteiger partial charge in [0.25, 0.3) is 5.91 Å². The quantitative estimate of drug-likeness (QED) is 0.547. The molecule has 25 heavy (non-hydrogen) atoms. The Morgan fingerprint density at radius 2 is 1.88 bits per heavy atom. The van der Waals surface area contributed by atoms with Crippen LogP contribution in [0.25, 0.3) is 6.08 Å². The van der Waals surface area contributed by atoms with Crippen molar-refractivity contribution >= 4 is 33.9 Å². The molecule has 1 fully saturated rings. The Balaban J connectivity index is 1.94. The number of esters is 1. The van der Waals surface area contributed by atoms with Crippen LogP contribution in [0.2, 0.25) is 0 Å². The summed E-state index contributed by atoms with van der Waals surface area (Å²) in [6.07, 6.45) is 6.47. The minimum Gasteiger partial charge on any atom is -0.496 e. The van der Waals surface area contributed by atoms with Gasteiger partial charge in [-0.15, -0.1) is 0 Å². The van der Waals surface area contributed by atoms with Gasteiger partial charge in [-0.3, -0.25) is 4.79 Å². The Hall–Kier alpha value is -1.82. The van der Waals surface area contributed by atoms with Crippen LogP contribution in [0.3, 0.4) is 0 Å². The van der Waals surface area contributed by atoms with Gasteiger partial charge in [0.2, 0.25) is 0 Å². The second-order valence-corrected chi connectivity index (χ2v) is 6.95. The molecule has 1 amide bonds. The Morgan fingerprint density at radius 1 is 1.20 bits per heavy atom. The Labute approximate surface area is 157 Å². The van der Waals surface area contributed by atoms with E-state index in [0.717, 1.165) is 48.8 Å². The molecular formula is C19H24BrNO4. The van der Waals surface area contributed by atoms with Crippen LogP contribution in [-0.4, -0.2) is 43.1 Å². The SMILES string of the molecule is COc1ccc(Br)cc1/C=C/C(=O)O[C@H](C)C(=O)N1CCCCCC1. The summed E-state index contributed by atoms with van der Waals surface area (Å²) in [5.74, 6) is -0.0117. The van der Waals surface area contributed by atoms with Gasteiger partial charge in [-0.25, -0.2) is 4.79 Å². The standard InChI is InChI=1S/C19H24BrNO4/c1-14(19(23)21-11-5-3-4-6-12-21)25-18(22)10-7-15-13-16(20)8-9-17(15)24-2/h7-10,13-14H,3-6,11-12H2,1-2H3/b10-7+/t14-/m1/s1. The maximum absolute atomic E-state index is 12.4. The van der Waals surface area contributed by atoms with Crippen molar-refractivity contribution in [2.45, 2.75) is 38.7 Å². The minimum atomic E-state index is -0.778. The predicted molar refractivity (Wildman–Crippen MR) is 100 cm³/mol. The van der Waals surface area contributed by atoms with Crippen molar-refractivity contribution in [1.82, 2.24) is 4.90 Å². The number of amides is 1. The maximum Gasteiger partial charge on any atom is 0.331 e. The van der Waals surface area contributed by atoms with E-state index >= 15 is 0 Å². The van der Waals surface area contributed by atoms with Gasteiger partial charge < -0.3 is 14.4 Å². The Kier molecular flexibility index (Phi) is 7.50. The molecule has 6 heteroatoms. The molecule has 0 radical (unpaired) electrons. The van der Waals surface area contributed by atoms with Crippen LogP contribution in [0.15, 0.2) is 28.7 Å². The molecule has 1 atom stereocenters. The number of likely N-dealkylation sites (tertiary alicyclic amines) is 1. The van der Waals surface area contributed by atoms with Gasteiger partial charge >= 0.3 is 5.97 Å². The van der Waals surface area contributed by atoms with Crippen LogP contribution in [0.1, 0.15) is 38.2 Å². The Morgan fingerprint density at radius 3 is 2.52 bits per heavy atom. The molecule has 5 nitrogen and oxygen atoms in total. The van der Waals surface area contributed by atoms with Gasteiger partial charge in [0, 0.05) is 29.2 Å². The molecule has 1 saturated heterocycles. The third kappa shape index (κ3) is 5.88. The van der Waals surface area contributed by atoms with Gasteiger partial charge in [0.05, 0.1) is 7.11 Å². The third-order valence-electron chi connectivity index (χ3n) is 4.15. The van der Waals surface area contributed by atoms with Crippen LogP contribution in [0, 0.1) is 0 Å². The maximum atomic E-state index is 12.4. The molecule has 0 bridgehead atoms. The summed E-state index contributed by atoms with van der Waals surface area (Å²) < 4.78 is 11.4. The summed E-state index contributed by atoms with van der Waals surface area (Å²) in [5.41, 5.74) is 0.750. The first-order valence-corrected chi connectivity index (χ1v) is 9.31. The molecule has 1 aliphatic rings. The van der Waals surface area contributed by atoms with Crippen molar-refractivity contribution < 1.29 is 19.1 Å². The van der Waals surface area contributed by atoms with Crippen LogP contribution < -0.4 is 4.74 Å². The largest absolute Gasteiger partial charge is 0.496 e. The molecule has 0 saturated carbocycles. The summed E-state index contributed by atoms with van der Waals surface area (Å²) in [5, 5.41) is 0. The lowest BCUT2D eigenvalue weighted by molar-refractivity contribution is -0.155. The number of carbonyl (C=O) groups excluding carboxylic acids is 2. The molecule has 1 aromatic rings. The average Bonchev–Trinajstić information content (AvgIpc) is 2.88.